The molecule has 0 unspecified atom stereocenters. The summed E-state index contributed by atoms with van der Waals surface area (Å²) in [6, 6.07) is 12.6. The van der Waals surface area contributed by atoms with Gasteiger partial charge in [-0.15, -0.1) is 11.8 Å². The van der Waals surface area contributed by atoms with Crippen molar-refractivity contribution in [3.63, 3.8) is 0 Å². The molecule has 6 heteroatoms. The highest BCUT2D eigenvalue weighted by Gasteiger charge is 2.14. The van der Waals surface area contributed by atoms with Gasteiger partial charge < -0.3 is 4.74 Å². The zero-order valence-corrected chi connectivity index (χ0v) is 13.1. The van der Waals surface area contributed by atoms with Crippen LogP contribution in [0.1, 0.15) is 5.56 Å². The number of hydrogen-bond acceptors (Lipinski definition) is 4. The molecule has 0 amide bonds. The molecule has 0 saturated carbocycles. The molecule has 0 radical (unpaired) electrons. The Balaban J connectivity index is 2.13. The number of nitro benzene ring substituents is 1. The molecular weight excluding hydrogens is 342 g/mol. The number of benzene rings is 2. The fourth-order valence-electron chi connectivity index (χ4n) is 1.64. The zero-order chi connectivity index (χ0) is 14.5. The molecule has 0 fully saturated rings. The maximum atomic E-state index is 11.0. The number of nitro groups is 1. The van der Waals surface area contributed by atoms with Crippen LogP contribution in [0.5, 0.6) is 5.75 Å². The van der Waals surface area contributed by atoms with Gasteiger partial charge in [-0.1, -0.05) is 28.1 Å². The van der Waals surface area contributed by atoms with Crippen LogP contribution >= 0.6 is 27.7 Å². The molecule has 2 aromatic carbocycles. The molecule has 0 aliphatic carbocycles. The number of nitrogens with zero attached hydrogens (tertiary/aromatic N) is 1. The number of halogens is 1. The summed E-state index contributed by atoms with van der Waals surface area (Å²) in [4.78, 5) is 11.3. The Morgan fingerprint density at radius 3 is 2.55 bits per heavy atom. The second-order valence-corrected chi connectivity index (χ2v) is 5.94. The van der Waals surface area contributed by atoms with Crippen LogP contribution in [-0.4, -0.2) is 12.0 Å². The third-order valence-corrected chi connectivity index (χ3v) is 4.28. The minimum Gasteiger partial charge on any atom is -0.497 e. The fourth-order valence-corrected chi connectivity index (χ4v) is 3.17. The Morgan fingerprint density at radius 2 is 1.95 bits per heavy atom. The van der Waals surface area contributed by atoms with Gasteiger partial charge in [-0.25, -0.2) is 0 Å². The molecule has 0 saturated heterocycles. The molecule has 2 rings (SSSR count). The molecular formula is C14H12BrNO3S. The molecule has 0 heterocycles. The first kappa shape index (κ1) is 14.9. The predicted molar refractivity (Wildman–Crippen MR) is 83.4 cm³/mol. The summed E-state index contributed by atoms with van der Waals surface area (Å²) in [7, 11) is 1.62. The van der Waals surface area contributed by atoms with E-state index in [-0.39, 0.29) is 10.6 Å². The van der Waals surface area contributed by atoms with E-state index in [0.717, 1.165) is 15.8 Å². The van der Waals surface area contributed by atoms with Gasteiger partial charge in [-0.3, -0.25) is 10.1 Å². The standard InChI is InChI=1S/C14H12BrNO3S/c1-19-12-5-2-10(3-6-12)9-20-14-8-11(15)4-7-13(14)16(17)18/h2-8H,9H2,1H3. The largest absolute Gasteiger partial charge is 0.497 e. The van der Waals surface area contributed by atoms with Gasteiger partial charge in [-0.05, 0) is 29.8 Å². The van der Waals surface area contributed by atoms with Crippen molar-refractivity contribution in [1.82, 2.24) is 0 Å². The molecule has 0 N–H and O–H groups in total. The van der Waals surface area contributed by atoms with Crippen LogP contribution < -0.4 is 4.74 Å². The highest BCUT2D eigenvalue weighted by molar-refractivity contribution is 9.10. The molecule has 0 aliphatic rings. The van der Waals surface area contributed by atoms with Crippen molar-refractivity contribution in [1.29, 1.82) is 0 Å². The summed E-state index contributed by atoms with van der Waals surface area (Å²) in [6.45, 7) is 0. The predicted octanol–water partition coefficient (Wildman–Crippen LogP) is 4.66. The number of rotatable bonds is 5. The van der Waals surface area contributed by atoms with Crippen molar-refractivity contribution in [2.75, 3.05) is 7.11 Å². The molecule has 2 aromatic rings. The summed E-state index contributed by atoms with van der Waals surface area (Å²) in [6.07, 6.45) is 0. The Labute approximate surface area is 129 Å². The summed E-state index contributed by atoms with van der Waals surface area (Å²) < 4.78 is 5.93. The number of hydrogen-bond donors (Lipinski definition) is 0. The van der Waals surface area contributed by atoms with Crippen LogP contribution in [0.4, 0.5) is 5.69 Å². The lowest BCUT2D eigenvalue weighted by atomic mass is 10.2. The fraction of sp³-hybridized carbons (Fsp3) is 0.143. The van der Waals surface area contributed by atoms with Gasteiger partial charge in [0.1, 0.15) is 5.75 Å². The van der Waals surface area contributed by atoms with E-state index in [4.69, 9.17) is 4.74 Å². The summed E-state index contributed by atoms with van der Waals surface area (Å²) in [5, 5.41) is 11.0. The van der Waals surface area contributed by atoms with E-state index in [1.165, 1.54) is 17.8 Å². The third-order valence-electron chi connectivity index (χ3n) is 2.67. The van der Waals surface area contributed by atoms with E-state index in [1.807, 2.05) is 24.3 Å². The van der Waals surface area contributed by atoms with Crippen molar-refractivity contribution in [2.45, 2.75) is 10.6 Å². The van der Waals surface area contributed by atoms with E-state index in [2.05, 4.69) is 15.9 Å². The molecule has 4 nitrogen and oxygen atoms in total. The van der Waals surface area contributed by atoms with Crippen LogP contribution in [0.25, 0.3) is 0 Å². The van der Waals surface area contributed by atoms with Crippen molar-refractivity contribution < 1.29 is 9.66 Å². The van der Waals surface area contributed by atoms with Gasteiger partial charge in [0.2, 0.25) is 0 Å². The van der Waals surface area contributed by atoms with Gasteiger partial charge in [-0.2, -0.15) is 0 Å². The Hall–Kier alpha value is -1.53. The minimum absolute atomic E-state index is 0.131. The van der Waals surface area contributed by atoms with Gasteiger partial charge in [0.05, 0.1) is 16.9 Å². The minimum atomic E-state index is -0.358. The first-order chi connectivity index (χ1) is 9.60. The van der Waals surface area contributed by atoms with Crippen LogP contribution in [0.2, 0.25) is 0 Å². The van der Waals surface area contributed by atoms with E-state index >= 15 is 0 Å². The second kappa shape index (κ2) is 6.76. The summed E-state index contributed by atoms with van der Waals surface area (Å²) in [5.74, 6) is 1.47. The van der Waals surface area contributed by atoms with Crippen molar-refractivity contribution in [2.24, 2.45) is 0 Å². The number of thioether (sulfide) groups is 1. The van der Waals surface area contributed by atoms with Crippen LogP contribution in [0.3, 0.4) is 0 Å². The number of ether oxygens (including phenoxy) is 1. The lowest BCUT2D eigenvalue weighted by Gasteiger charge is -2.05. The average Bonchev–Trinajstić information content (AvgIpc) is 2.45. The van der Waals surface area contributed by atoms with E-state index < -0.39 is 0 Å². The van der Waals surface area contributed by atoms with Gasteiger partial charge in [0.15, 0.2) is 0 Å². The Bertz CT molecular complexity index is 616. The zero-order valence-electron chi connectivity index (χ0n) is 10.7. The molecule has 104 valence electrons. The maximum absolute atomic E-state index is 11.0. The van der Waals surface area contributed by atoms with Crippen molar-refractivity contribution >= 4 is 33.4 Å². The van der Waals surface area contributed by atoms with Gasteiger partial charge in [0.25, 0.3) is 5.69 Å². The van der Waals surface area contributed by atoms with Crippen LogP contribution in [-0.2, 0) is 5.75 Å². The topological polar surface area (TPSA) is 52.4 Å². The SMILES string of the molecule is COc1ccc(CSc2cc(Br)ccc2[N+](=O)[O-])cc1. The highest BCUT2D eigenvalue weighted by Crippen LogP contribution is 2.33. The van der Waals surface area contributed by atoms with Crippen molar-refractivity contribution in [3.05, 3.63) is 62.6 Å². The lowest BCUT2D eigenvalue weighted by molar-refractivity contribution is -0.387. The molecule has 0 atom stereocenters. The summed E-state index contributed by atoms with van der Waals surface area (Å²) >= 11 is 4.78. The molecule has 20 heavy (non-hydrogen) atoms. The first-order valence-electron chi connectivity index (χ1n) is 5.80. The highest BCUT2D eigenvalue weighted by atomic mass is 79.9. The van der Waals surface area contributed by atoms with E-state index in [0.29, 0.717) is 10.6 Å². The second-order valence-electron chi connectivity index (χ2n) is 4.01. The smallest absolute Gasteiger partial charge is 0.282 e. The van der Waals surface area contributed by atoms with Crippen molar-refractivity contribution in [3.8, 4) is 5.75 Å². The van der Waals surface area contributed by atoms with Gasteiger partial charge >= 0.3 is 0 Å². The Kier molecular flexibility index (Phi) is 5.03. The first-order valence-corrected chi connectivity index (χ1v) is 7.57. The van der Waals surface area contributed by atoms with E-state index in [9.17, 15) is 10.1 Å². The molecule has 0 bridgehead atoms. The molecule has 0 aliphatic heterocycles. The van der Waals surface area contributed by atoms with Crippen LogP contribution in [0.15, 0.2) is 51.8 Å². The quantitative estimate of drug-likeness (QED) is 0.445. The maximum Gasteiger partial charge on any atom is 0.282 e. The molecule has 0 spiro atoms. The Morgan fingerprint density at radius 1 is 1.25 bits per heavy atom. The summed E-state index contributed by atoms with van der Waals surface area (Å²) in [5.41, 5.74) is 1.22. The normalized spacial score (nSPS) is 10.3. The van der Waals surface area contributed by atoms with Crippen LogP contribution in [0, 0.1) is 10.1 Å². The van der Waals surface area contributed by atoms with Gasteiger partial charge in [0, 0.05) is 16.3 Å². The lowest BCUT2D eigenvalue weighted by Crippen LogP contribution is -1.91. The van der Waals surface area contributed by atoms with E-state index in [1.54, 1.807) is 19.2 Å². The average molecular weight is 354 g/mol. The molecule has 0 aromatic heterocycles. The monoisotopic (exact) mass is 353 g/mol. The third kappa shape index (κ3) is 3.74. The number of methoxy groups -OCH3 is 1.